The van der Waals surface area contributed by atoms with Gasteiger partial charge < -0.3 is 4.90 Å². The summed E-state index contributed by atoms with van der Waals surface area (Å²) in [6.07, 6.45) is 3.56. The first-order valence-electron chi connectivity index (χ1n) is 8.62. The lowest BCUT2D eigenvalue weighted by atomic mass is 10.2. The van der Waals surface area contributed by atoms with Crippen LogP contribution >= 0.6 is 24.0 Å². The zero-order chi connectivity index (χ0) is 18.5. The molecule has 2 aromatic heterocycles. The average Bonchev–Trinajstić information content (AvgIpc) is 3.13. The second-order valence-corrected chi connectivity index (χ2v) is 7.85. The summed E-state index contributed by atoms with van der Waals surface area (Å²) in [6, 6.07) is 10.3. The Morgan fingerprint density at radius 2 is 2.04 bits per heavy atom. The van der Waals surface area contributed by atoms with Crippen molar-refractivity contribution >= 4 is 29.7 Å². The summed E-state index contributed by atoms with van der Waals surface area (Å²) in [5.41, 5.74) is 1.87. The number of carbonyl (C=O) groups excluding carboxylic acids is 1. The minimum atomic E-state index is -0.0219. The molecule has 3 heterocycles. The van der Waals surface area contributed by atoms with E-state index < -0.39 is 0 Å². The molecular weight excluding hydrogens is 362 g/mol. The van der Waals surface area contributed by atoms with Crippen LogP contribution in [0.25, 0.3) is 10.6 Å². The highest BCUT2D eigenvalue weighted by Crippen LogP contribution is 2.27. The van der Waals surface area contributed by atoms with Gasteiger partial charge in [-0.3, -0.25) is 14.7 Å². The molecule has 6 heteroatoms. The van der Waals surface area contributed by atoms with E-state index in [9.17, 15) is 4.79 Å². The van der Waals surface area contributed by atoms with E-state index in [1.165, 1.54) is 16.7 Å². The summed E-state index contributed by atoms with van der Waals surface area (Å²) in [5, 5.41) is 0. The van der Waals surface area contributed by atoms with Gasteiger partial charge in [-0.2, -0.15) is 0 Å². The third kappa shape index (κ3) is 4.44. The summed E-state index contributed by atoms with van der Waals surface area (Å²) < 4.78 is 0. The van der Waals surface area contributed by atoms with Crippen LogP contribution in [0, 0.1) is 0 Å². The van der Waals surface area contributed by atoms with Crippen molar-refractivity contribution in [1.29, 1.82) is 0 Å². The third-order valence-electron chi connectivity index (χ3n) is 4.44. The van der Waals surface area contributed by atoms with Gasteiger partial charge in [0, 0.05) is 43.8 Å². The normalized spacial score (nSPS) is 16.3. The first-order valence-corrected chi connectivity index (χ1v) is 9.89. The zero-order valence-electron chi connectivity index (χ0n) is 14.9. The molecule has 0 aromatic carbocycles. The Hall–Kier alpha value is -1.89. The number of hydrogen-bond donors (Lipinski definition) is 1. The van der Waals surface area contributed by atoms with Gasteiger partial charge in [-0.05, 0) is 37.3 Å². The highest BCUT2D eigenvalue weighted by Gasteiger charge is 2.20. The first kappa shape index (κ1) is 18.9. The number of carbonyl (C=O) groups is 1. The highest BCUT2D eigenvalue weighted by molar-refractivity contribution is 7.85. The van der Waals surface area contributed by atoms with Crippen LogP contribution in [-0.4, -0.2) is 46.7 Å². The van der Waals surface area contributed by atoms with Crippen LogP contribution in [0.4, 0.5) is 0 Å². The molecule has 1 saturated heterocycles. The Balaban J connectivity index is 1.60. The van der Waals surface area contributed by atoms with Crippen LogP contribution in [-0.2, 0) is 11.3 Å². The Morgan fingerprint density at radius 1 is 1.27 bits per heavy atom. The van der Waals surface area contributed by atoms with Gasteiger partial charge in [0.15, 0.2) is 5.78 Å². The predicted molar refractivity (Wildman–Crippen MR) is 111 cm³/mol. The molecule has 26 heavy (non-hydrogen) atoms. The van der Waals surface area contributed by atoms with E-state index in [2.05, 4.69) is 46.1 Å². The second-order valence-electron chi connectivity index (χ2n) is 6.24. The molecule has 1 aliphatic heterocycles. The van der Waals surface area contributed by atoms with Crippen LogP contribution in [0.5, 0.6) is 0 Å². The third-order valence-corrected chi connectivity index (χ3v) is 6.08. The number of piperazine rings is 1. The molecule has 0 unspecified atom stereocenters. The van der Waals surface area contributed by atoms with Crippen molar-refractivity contribution in [2.45, 2.75) is 13.5 Å². The molecule has 4 nitrogen and oxygen atoms in total. The van der Waals surface area contributed by atoms with Gasteiger partial charge in [-0.25, -0.2) is 0 Å². The van der Waals surface area contributed by atoms with Crippen molar-refractivity contribution < 1.29 is 4.79 Å². The van der Waals surface area contributed by atoms with Crippen molar-refractivity contribution in [1.82, 2.24) is 14.8 Å². The maximum atomic E-state index is 11.6. The number of rotatable bonds is 6. The molecule has 0 bridgehead atoms. The second kappa shape index (κ2) is 8.66. The van der Waals surface area contributed by atoms with Gasteiger partial charge in [0.1, 0.15) is 0 Å². The number of pyridine rings is 1. The SMILES string of the molecule is C=C/C(=C(/S)C(C)=O)N1CCN(Cc2ccc(-c3ccccn3)s2)CC1. The number of allylic oxidation sites excluding steroid dienone is 2. The topological polar surface area (TPSA) is 36.4 Å². The Kier molecular flexibility index (Phi) is 6.29. The van der Waals surface area contributed by atoms with Crippen LogP contribution in [0.3, 0.4) is 0 Å². The molecule has 2 aromatic rings. The van der Waals surface area contributed by atoms with E-state index >= 15 is 0 Å². The molecule has 0 atom stereocenters. The van der Waals surface area contributed by atoms with Crippen molar-refractivity contribution in [3.05, 3.63) is 64.7 Å². The smallest absolute Gasteiger partial charge is 0.167 e. The number of ketones is 1. The monoisotopic (exact) mass is 385 g/mol. The number of aromatic nitrogens is 1. The van der Waals surface area contributed by atoms with Crippen LogP contribution < -0.4 is 0 Å². The maximum Gasteiger partial charge on any atom is 0.167 e. The Labute approximate surface area is 164 Å². The van der Waals surface area contributed by atoms with Crippen molar-refractivity contribution in [2.75, 3.05) is 26.2 Å². The fraction of sp³-hybridized carbons (Fsp3) is 0.300. The van der Waals surface area contributed by atoms with Crippen molar-refractivity contribution in [3.8, 4) is 10.6 Å². The van der Waals surface area contributed by atoms with Gasteiger partial charge in [-0.15, -0.1) is 24.0 Å². The number of Topliss-reactive ketones (excluding diaryl/α,β-unsaturated/α-hetero) is 1. The summed E-state index contributed by atoms with van der Waals surface area (Å²) in [7, 11) is 0. The standard InChI is InChI=1S/C20H23N3OS2/c1-3-18(20(25)15(2)24)23-12-10-22(11-13-23)14-16-7-8-19(26-16)17-6-4-5-9-21-17/h3-9,25H,1,10-14H2,2H3/b20-18-. The number of thiol groups is 1. The summed E-state index contributed by atoms with van der Waals surface area (Å²) in [4.78, 5) is 23.7. The quantitative estimate of drug-likeness (QED) is 0.466. The molecule has 0 aliphatic carbocycles. The fourth-order valence-electron chi connectivity index (χ4n) is 3.03. The van der Waals surface area contributed by atoms with E-state index in [1.807, 2.05) is 24.4 Å². The number of nitrogens with zero attached hydrogens (tertiary/aromatic N) is 3. The van der Waals surface area contributed by atoms with E-state index in [4.69, 9.17) is 0 Å². The van der Waals surface area contributed by atoms with Crippen molar-refractivity contribution in [3.63, 3.8) is 0 Å². The average molecular weight is 386 g/mol. The number of thiophene rings is 1. The summed E-state index contributed by atoms with van der Waals surface area (Å²) >= 11 is 6.15. The largest absolute Gasteiger partial charge is 0.368 e. The lowest BCUT2D eigenvalue weighted by Gasteiger charge is -2.36. The molecule has 0 radical (unpaired) electrons. The molecule has 0 saturated carbocycles. The minimum absolute atomic E-state index is 0.0219. The zero-order valence-corrected chi connectivity index (χ0v) is 16.6. The molecule has 1 fully saturated rings. The number of hydrogen-bond acceptors (Lipinski definition) is 6. The summed E-state index contributed by atoms with van der Waals surface area (Å²) in [6.45, 7) is 9.97. The first-order chi connectivity index (χ1) is 12.6. The van der Waals surface area contributed by atoms with Crippen LogP contribution in [0.2, 0.25) is 0 Å². The van der Waals surface area contributed by atoms with Crippen LogP contribution in [0.1, 0.15) is 11.8 Å². The van der Waals surface area contributed by atoms with Gasteiger partial charge in [0.25, 0.3) is 0 Å². The van der Waals surface area contributed by atoms with Crippen molar-refractivity contribution in [2.24, 2.45) is 0 Å². The predicted octanol–water partition coefficient (Wildman–Crippen LogP) is 3.84. The molecule has 0 spiro atoms. The highest BCUT2D eigenvalue weighted by atomic mass is 32.1. The van der Waals surface area contributed by atoms with E-state index in [-0.39, 0.29) is 5.78 Å². The summed E-state index contributed by atoms with van der Waals surface area (Å²) in [5.74, 6) is -0.0219. The minimum Gasteiger partial charge on any atom is -0.368 e. The van der Waals surface area contributed by atoms with Crippen LogP contribution in [0.15, 0.2) is 59.8 Å². The lowest BCUT2D eigenvalue weighted by molar-refractivity contribution is -0.113. The Bertz CT molecular complexity index is 805. The molecule has 3 rings (SSSR count). The fourth-order valence-corrected chi connectivity index (χ4v) is 4.29. The van der Waals surface area contributed by atoms with Gasteiger partial charge in [0.2, 0.25) is 0 Å². The van der Waals surface area contributed by atoms with Gasteiger partial charge in [-0.1, -0.05) is 12.6 Å². The molecule has 136 valence electrons. The lowest BCUT2D eigenvalue weighted by Crippen LogP contribution is -2.45. The Morgan fingerprint density at radius 3 is 2.65 bits per heavy atom. The van der Waals surface area contributed by atoms with Gasteiger partial charge in [0.05, 0.1) is 21.2 Å². The van der Waals surface area contributed by atoms with E-state index in [1.54, 1.807) is 17.4 Å². The molecule has 1 aliphatic rings. The van der Waals surface area contributed by atoms with Gasteiger partial charge >= 0.3 is 0 Å². The molecule has 0 amide bonds. The van der Waals surface area contributed by atoms with E-state index in [0.29, 0.717) is 4.91 Å². The van der Waals surface area contributed by atoms with E-state index in [0.717, 1.165) is 44.1 Å². The molecular formula is C20H23N3OS2. The maximum absolute atomic E-state index is 11.6. The molecule has 0 N–H and O–H groups in total.